The highest BCUT2D eigenvalue weighted by Crippen LogP contribution is 1.99. The highest BCUT2D eigenvalue weighted by atomic mass is 16.6. The van der Waals surface area contributed by atoms with Crippen LogP contribution in [0.4, 0.5) is 4.79 Å². The number of carbonyl (C=O) groups is 1. The number of likely N-dealkylation sites (N-methyl/N-ethyl adjacent to an activating group) is 1. The second-order valence-corrected chi connectivity index (χ2v) is 2.91. The predicted molar refractivity (Wildman–Crippen MR) is 62.7 cm³/mol. The molecular formula is C12H17NO2. The van der Waals surface area contributed by atoms with E-state index in [0.29, 0.717) is 6.54 Å². The minimum absolute atomic E-state index is 0.204. The Hall–Kier alpha value is -1.77. The molecule has 3 heteroatoms. The van der Waals surface area contributed by atoms with Gasteiger partial charge in [-0.3, -0.25) is 0 Å². The Morgan fingerprint density at radius 3 is 2.53 bits per heavy atom. The average Bonchev–Trinajstić information content (AvgIpc) is 2.24. The lowest BCUT2D eigenvalue weighted by Gasteiger charge is -2.14. The molecule has 3 nitrogen and oxygen atoms in total. The molecule has 0 N–H and O–H groups in total. The Kier molecular flexibility index (Phi) is 6.72. The molecule has 0 aromatic heterocycles. The third-order valence-corrected chi connectivity index (χ3v) is 1.67. The highest BCUT2D eigenvalue weighted by Gasteiger charge is 2.07. The molecule has 0 fully saturated rings. The van der Waals surface area contributed by atoms with Crippen molar-refractivity contribution in [2.75, 3.05) is 20.2 Å². The lowest BCUT2D eigenvalue weighted by molar-refractivity contribution is 0.124. The molecule has 0 saturated heterocycles. The fourth-order valence-corrected chi connectivity index (χ4v) is 0.850. The third-order valence-electron chi connectivity index (χ3n) is 1.67. The van der Waals surface area contributed by atoms with Crippen LogP contribution in [0.1, 0.15) is 0 Å². The van der Waals surface area contributed by atoms with Crippen molar-refractivity contribution in [3.05, 3.63) is 49.6 Å². The van der Waals surface area contributed by atoms with Crippen LogP contribution in [0.25, 0.3) is 0 Å². The van der Waals surface area contributed by atoms with Gasteiger partial charge in [0.1, 0.15) is 6.61 Å². The van der Waals surface area contributed by atoms with E-state index in [9.17, 15) is 4.79 Å². The van der Waals surface area contributed by atoms with Crippen LogP contribution in [0.5, 0.6) is 0 Å². The molecule has 0 saturated carbocycles. The van der Waals surface area contributed by atoms with E-state index in [1.165, 1.54) is 4.90 Å². The van der Waals surface area contributed by atoms with E-state index >= 15 is 0 Å². The molecule has 0 radical (unpaired) electrons. The monoisotopic (exact) mass is 207 g/mol. The predicted octanol–water partition coefficient (Wildman–Crippen LogP) is 2.54. The first kappa shape index (κ1) is 13.2. The van der Waals surface area contributed by atoms with Crippen molar-refractivity contribution >= 4 is 6.09 Å². The lowest BCUT2D eigenvalue weighted by Crippen LogP contribution is -2.27. The fourth-order valence-electron chi connectivity index (χ4n) is 0.850. The molecule has 1 amide bonds. The fraction of sp³-hybridized carbons (Fsp3) is 0.250. The molecule has 0 aromatic carbocycles. The number of allylic oxidation sites excluding steroid dienone is 2. The Bertz CT molecular complexity index is 279. The lowest BCUT2D eigenvalue weighted by atomic mass is 10.2. The van der Waals surface area contributed by atoms with Gasteiger partial charge in [-0.2, -0.15) is 0 Å². The summed E-state index contributed by atoms with van der Waals surface area (Å²) in [6.45, 7) is 11.4. The third kappa shape index (κ3) is 5.52. The number of amides is 1. The van der Waals surface area contributed by atoms with Gasteiger partial charge < -0.3 is 9.64 Å². The van der Waals surface area contributed by atoms with E-state index in [4.69, 9.17) is 4.74 Å². The maximum atomic E-state index is 11.3. The van der Waals surface area contributed by atoms with E-state index in [0.717, 1.165) is 5.57 Å². The molecule has 0 aliphatic carbocycles. The van der Waals surface area contributed by atoms with Crippen molar-refractivity contribution in [3.8, 4) is 0 Å². The number of rotatable bonds is 6. The molecule has 0 unspecified atom stereocenters. The van der Waals surface area contributed by atoms with Crippen molar-refractivity contribution in [2.24, 2.45) is 0 Å². The molecule has 0 heterocycles. The minimum Gasteiger partial charge on any atom is -0.445 e. The normalized spacial score (nSPS) is 10.3. The van der Waals surface area contributed by atoms with Crippen LogP contribution < -0.4 is 0 Å². The summed E-state index contributed by atoms with van der Waals surface area (Å²) in [5.74, 6) is 0. The summed E-state index contributed by atoms with van der Waals surface area (Å²) in [5, 5.41) is 0. The van der Waals surface area contributed by atoms with Crippen LogP contribution in [0, 0.1) is 0 Å². The minimum atomic E-state index is -0.383. The van der Waals surface area contributed by atoms with Gasteiger partial charge in [0.05, 0.1) is 0 Å². The van der Waals surface area contributed by atoms with Gasteiger partial charge in [-0.1, -0.05) is 37.5 Å². The molecule has 0 rings (SSSR count). The Balaban J connectivity index is 4.08. The summed E-state index contributed by atoms with van der Waals surface area (Å²) >= 11 is 0. The van der Waals surface area contributed by atoms with Crippen LogP contribution in [-0.2, 0) is 4.74 Å². The van der Waals surface area contributed by atoms with Gasteiger partial charge in [0.2, 0.25) is 0 Å². The van der Waals surface area contributed by atoms with Crippen molar-refractivity contribution in [2.45, 2.75) is 0 Å². The number of carbonyl (C=O) groups excluding carboxylic acids is 1. The smallest absolute Gasteiger partial charge is 0.410 e. The molecule has 0 atom stereocenters. The van der Waals surface area contributed by atoms with Crippen LogP contribution in [0.15, 0.2) is 49.6 Å². The molecule has 82 valence electrons. The summed E-state index contributed by atoms with van der Waals surface area (Å²) in [6.07, 6.45) is 6.25. The summed E-state index contributed by atoms with van der Waals surface area (Å²) in [4.78, 5) is 12.8. The Morgan fingerprint density at radius 1 is 1.40 bits per heavy atom. The van der Waals surface area contributed by atoms with E-state index in [2.05, 4.69) is 19.7 Å². The van der Waals surface area contributed by atoms with Gasteiger partial charge in [0.15, 0.2) is 0 Å². The topological polar surface area (TPSA) is 29.5 Å². The second kappa shape index (κ2) is 7.62. The first-order valence-electron chi connectivity index (χ1n) is 4.58. The van der Waals surface area contributed by atoms with E-state index in [1.807, 2.05) is 0 Å². The van der Waals surface area contributed by atoms with Crippen molar-refractivity contribution in [1.82, 2.24) is 4.90 Å². The molecule has 0 aromatic rings. The van der Waals surface area contributed by atoms with Gasteiger partial charge in [-0.05, 0) is 5.57 Å². The number of ether oxygens (including phenoxy) is 1. The zero-order valence-corrected chi connectivity index (χ0v) is 9.11. The summed E-state index contributed by atoms with van der Waals surface area (Å²) in [6, 6.07) is 0. The second-order valence-electron chi connectivity index (χ2n) is 2.91. The molecule has 0 aliphatic heterocycles. The Labute approximate surface area is 91.0 Å². The largest absolute Gasteiger partial charge is 0.445 e. The summed E-state index contributed by atoms with van der Waals surface area (Å²) in [5.41, 5.74) is 0.811. The van der Waals surface area contributed by atoms with Gasteiger partial charge in [-0.25, -0.2) is 4.79 Å². The number of hydrogen-bond acceptors (Lipinski definition) is 2. The van der Waals surface area contributed by atoms with Crippen molar-refractivity contribution < 1.29 is 9.53 Å². The maximum absolute atomic E-state index is 11.3. The SMILES string of the molecule is C=C/C=C(\C=C)COC(=O)N(C)CC=C. The van der Waals surface area contributed by atoms with Crippen molar-refractivity contribution in [3.63, 3.8) is 0 Å². The summed E-state index contributed by atoms with van der Waals surface area (Å²) in [7, 11) is 1.65. The molecule has 0 aliphatic rings. The first-order chi connectivity index (χ1) is 7.15. The maximum Gasteiger partial charge on any atom is 0.410 e. The van der Waals surface area contributed by atoms with Crippen LogP contribution in [-0.4, -0.2) is 31.2 Å². The molecular weight excluding hydrogens is 190 g/mol. The van der Waals surface area contributed by atoms with Crippen LogP contribution in [0.3, 0.4) is 0 Å². The molecule has 0 bridgehead atoms. The zero-order valence-electron chi connectivity index (χ0n) is 9.11. The van der Waals surface area contributed by atoms with Crippen molar-refractivity contribution in [1.29, 1.82) is 0 Å². The van der Waals surface area contributed by atoms with E-state index in [1.54, 1.807) is 31.4 Å². The van der Waals surface area contributed by atoms with Gasteiger partial charge in [-0.15, -0.1) is 6.58 Å². The quantitative estimate of drug-likeness (QED) is 0.495. The Morgan fingerprint density at radius 2 is 2.07 bits per heavy atom. The standard InChI is InChI=1S/C12H17NO2/c1-5-8-11(7-3)10-15-12(14)13(4)9-6-2/h5-8H,1-3,9-10H2,4H3/b11-8+. The first-order valence-corrected chi connectivity index (χ1v) is 4.58. The molecule has 15 heavy (non-hydrogen) atoms. The summed E-state index contributed by atoms with van der Waals surface area (Å²) < 4.78 is 5.01. The van der Waals surface area contributed by atoms with Gasteiger partial charge in [0, 0.05) is 13.6 Å². The van der Waals surface area contributed by atoms with E-state index in [-0.39, 0.29) is 12.7 Å². The van der Waals surface area contributed by atoms with E-state index < -0.39 is 0 Å². The van der Waals surface area contributed by atoms with Crippen LogP contribution >= 0.6 is 0 Å². The number of hydrogen-bond donors (Lipinski definition) is 0. The zero-order chi connectivity index (χ0) is 11.7. The number of nitrogens with zero attached hydrogens (tertiary/aromatic N) is 1. The molecule has 0 spiro atoms. The van der Waals surface area contributed by atoms with Gasteiger partial charge >= 0.3 is 6.09 Å². The average molecular weight is 207 g/mol. The van der Waals surface area contributed by atoms with Gasteiger partial charge in [0.25, 0.3) is 0 Å². The highest BCUT2D eigenvalue weighted by molar-refractivity contribution is 5.67. The van der Waals surface area contributed by atoms with Crippen LogP contribution in [0.2, 0.25) is 0 Å².